The molecule has 0 spiro atoms. The molecular weight excluding hydrogens is 324 g/mol. The van der Waals surface area contributed by atoms with Crippen LogP contribution in [0.3, 0.4) is 0 Å². The zero-order valence-corrected chi connectivity index (χ0v) is 14.1. The Morgan fingerprint density at radius 1 is 1.12 bits per heavy atom. The fourth-order valence-corrected chi connectivity index (χ4v) is 2.88. The molecule has 0 radical (unpaired) electrons. The molecule has 4 nitrogen and oxygen atoms in total. The van der Waals surface area contributed by atoms with E-state index in [4.69, 9.17) is 4.74 Å². The van der Waals surface area contributed by atoms with Crippen LogP contribution >= 0.6 is 0 Å². The number of guanidine groups is 1. The molecule has 0 amide bonds. The molecule has 1 heterocycles. The molecule has 1 aliphatic rings. The standard InChI is InChI=1S/C19H21F2N3O/c1-22-19(23-10-9-15-16(20)6-4-7-17(15)21)24-12-14-11-13-5-2-3-8-18(13)25-14/h2-8,14H,9-12H2,1H3,(H2,22,23,24). The summed E-state index contributed by atoms with van der Waals surface area (Å²) in [6.07, 6.45) is 1.13. The Hall–Kier alpha value is -2.63. The first-order valence-electron chi connectivity index (χ1n) is 8.29. The van der Waals surface area contributed by atoms with Gasteiger partial charge < -0.3 is 15.4 Å². The monoisotopic (exact) mass is 345 g/mol. The summed E-state index contributed by atoms with van der Waals surface area (Å²) in [4.78, 5) is 4.13. The molecule has 1 atom stereocenters. The highest BCUT2D eigenvalue weighted by Gasteiger charge is 2.22. The van der Waals surface area contributed by atoms with Crippen LogP contribution in [0.5, 0.6) is 5.75 Å². The average molecular weight is 345 g/mol. The lowest BCUT2D eigenvalue weighted by Crippen LogP contribution is -2.42. The molecule has 0 saturated carbocycles. The van der Waals surface area contributed by atoms with Gasteiger partial charge in [0.25, 0.3) is 0 Å². The van der Waals surface area contributed by atoms with Crippen molar-refractivity contribution in [2.45, 2.75) is 18.9 Å². The lowest BCUT2D eigenvalue weighted by Gasteiger charge is -2.15. The van der Waals surface area contributed by atoms with Gasteiger partial charge in [-0.25, -0.2) is 8.78 Å². The molecule has 1 unspecified atom stereocenters. The van der Waals surface area contributed by atoms with Crippen LogP contribution in [0.15, 0.2) is 47.5 Å². The van der Waals surface area contributed by atoms with Crippen LogP contribution in [0, 0.1) is 11.6 Å². The van der Waals surface area contributed by atoms with Crippen molar-refractivity contribution in [1.29, 1.82) is 0 Å². The Balaban J connectivity index is 1.45. The Bertz CT molecular complexity index is 719. The predicted octanol–water partition coefficient (Wildman–Crippen LogP) is 2.68. The summed E-state index contributed by atoms with van der Waals surface area (Å²) in [5.74, 6) is 0.451. The quantitative estimate of drug-likeness (QED) is 0.647. The minimum atomic E-state index is -0.526. The maximum Gasteiger partial charge on any atom is 0.191 e. The third-order valence-electron chi connectivity index (χ3n) is 4.16. The van der Waals surface area contributed by atoms with Crippen LogP contribution in [0.4, 0.5) is 8.78 Å². The second-order valence-corrected chi connectivity index (χ2v) is 5.88. The fourth-order valence-electron chi connectivity index (χ4n) is 2.88. The Morgan fingerprint density at radius 3 is 2.60 bits per heavy atom. The Morgan fingerprint density at radius 2 is 1.88 bits per heavy atom. The van der Waals surface area contributed by atoms with Gasteiger partial charge in [0.2, 0.25) is 0 Å². The van der Waals surface area contributed by atoms with Crippen molar-refractivity contribution >= 4 is 5.96 Å². The van der Waals surface area contributed by atoms with Crippen LogP contribution in [-0.4, -0.2) is 32.2 Å². The number of hydrogen-bond acceptors (Lipinski definition) is 2. The normalized spacial score (nSPS) is 16.3. The Labute approximate surface area is 145 Å². The van der Waals surface area contributed by atoms with Crippen molar-refractivity contribution < 1.29 is 13.5 Å². The summed E-state index contributed by atoms with van der Waals surface area (Å²) in [5, 5.41) is 6.26. The zero-order chi connectivity index (χ0) is 17.6. The Kier molecular flexibility index (Phi) is 5.48. The van der Waals surface area contributed by atoms with Crippen molar-refractivity contribution in [3.8, 4) is 5.75 Å². The lowest BCUT2D eigenvalue weighted by molar-refractivity contribution is 0.235. The van der Waals surface area contributed by atoms with E-state index < -0.39 is 11.6 Å². The van der Waals surface area contributed by atoms with E-state index in [1.807, 2.05) is 18.2 Å². The van der Waals surface area contributed by atoms with Crippen molar-refractivity contribution in [2.24, 2.45) is 4.99 Å². The van der Waals surface area contributed by atoms with E-state index in [9.17, 15) is 8.78 Å². The zero-order valence-electron chi connectivity index (χ0n) is 14.1. The van der Waals surface area contributed by atoms with Gasteiger partial charge in [0.15, 0.2) is 5.96 Å². The minimum absolute atomic E-state index is 0.0416. The van der Waals surface area contributed by atoms with Gasteiger partial charge in [0.05, 0.1) is 6.54 Å². The predicted molar refractivity (Wildman–Crippen MR) is 94.0 cm³/mol. The highest BCUT2D eigenvalue weighted by molar-refractivity contribution is 5.79. The second-order valence-electron chi connectivity index (χ2n) is 5.88. The average Bonchev–Trinajstić information content (AvgIpc) is 3.03. The van der Waals surface area contributed by atoms with E-state index in [0.717, 1.165) is 12.2 Å². The molecule has 3 rings (SSSR count). The number of halogens is 2. The summed E-state index contributed by atoms with van der Waals surface area (Å²) in [6.45, 7) is 0.978. The number of benzene rings is 2. The van der Waals surface area contributed by atoms with Gasteiger partial charge in [0.1, 0.15) is 23.5 Å². The van der Waals surface area contributed by atoms with Crippen LogP contribution in [0.25, 0.3) is 0 Å². The molecular formula is C19H21F2N3O. The third kappa shape index (κ3) is 4.26. The number of nitrogens with zero attached hydrogens (tertiary/aromatic N) is 1. The second kappa shape index (κ2) is 7.96. The first-order valence-corrected chi connectivity index (χ1v) is 8.29. The number of para-hydroxylation sites is 1. The van der Waals surface area contributed by atoms with Crippen molar-refractivity contribution in [3.05, 3.63) is 65.2 Å². The van der Waals surface area contributed by atoms with Gasteiger partial charge in [0, 0.05) is 25.6 Å². The summed E-state index contributed by atoms with van der Waals surface area (Å²) in [7, 11) is 1.66. The number of hydrogen-bond donors (Lipinski definition) is 2. The molecule has 0 bridgehead atoms. The van der Waals surface area contributed by atoms with E-state index in [0.29, 0.717) is 19.0 Å². The van der Waals surface area contributed by atoms with E-state index in [1.165, 1.54) is 23.8 Å². The van der Waals surface area contributed by atoms with Crippen LogP contribution in [-0.2, 0) is 12.8 Å². The van der Waals surface area contributed by atoms with Crippen molar-refractivity contribution in [1.82, 2.24) is 10.6 Å². The van der Waals surface area contributed by atoms with Gasteiger partial charge in [-0.15, -0.1) is 0 Å². The molecule has 0 aliphatic carbocycles. The lowest BCUT2D eigenvalue weighted by atomic mass is 10.1. The number of rotatable bonds is 5. The first-order chi connectivity index (χ1) is 12.2. The molecule has 6 heteroatoms. The molecule has 132 valence electrons. The molecule has 1 aliphatic heterocycles. The summed E-state index contributed by atoms with van der Waals surface area (Å²) < 4.78 is 33.1. The molecule has 2 aromatic rings. The fraction of sp³-hybridized carbons (Fsp3) is 0.316. The summed E-state index contributed by atoms with van der Waals surface area (Å²) in [6, 6.07) is 11.9. The number of aliphatic imine (C=N–C) groups is 1. The molecule has 2 aromatic carbocycles. The number of nitrogens with one attached hydrogen (secondary N) is 2. The molecule has 0 aromatic heterocycles. The number of ether oxygens (including phenoxy) is 1. The number of fused-ring (bicyclic) bond motifs is 1. The van der Waals surface area contributed by atoms with E-state index in [1.54, 1.807) is 7.05 Å². The van der Waals surface area contributed by atoms with Gasteiger partial charge in [-0.2, -0.15) is 0 Å². The summed E-state index contributed by atoms with van der Waals surface area (Å²) >= 11 is 0. The minimum Gasteiger partial charge on any atom is -0.488 e. The van der Waals surface area contributed by atoms with Gasteiger partial charge in [-0.1, -0.05) is 24.3 Å². The van der Waals surface area contributed by atoms with Crippen LogP contribution < -0.4 is 15.4 Å². The molecule has 25 heavy (non-hydrogen) atoms. The van der Waals surface area contributed by atoms with Gasteiger partial charge in [-0.3, -0.25) is 4.99 Å². The van der Waals surface area contributed by atoms with Crippen LogP contribution in [0.2, 0.25) is 0 Å². The highest BCUT2D eigenvalue weighted by Crippen LogP contribution is 2.27. The third-order valence-corrected chi connectivity index (χ3v) is 4.16. The van der Waals surface area contributed by atoms with Crippen LogP contribution in [0.1, 0.15) is 11.1 Å². The maximum absolute atomic E-state index is 13.6. The largest absolute Gasteiger partial charge is 0.488 e. The SMILES string of the molecule is CN=C(NCCc1c(F)cccc1F)NCC1Cc2ccccc2O1. The van der Waals surface area contributed by atoms with Crippen molar-refractivity contribution in [3.63, 3.8) is 0 Å². The summed E-state index contributed by atoms with van der Waals surface area (Å²) in [5.41, 5.74) is 1.28. The van der Waals surface area contributed by atoms with Gasteiger partial charge >= 0.3 is 0 Å². The molecule has 2 N–H and O–H groups in total. The molecule has 0 fully saturated rings. The van der Waals surface area contributed by atoms with E-state index in [-0.39, 0.29) is 18.1 Å². The highest BCUT2D eigenvalue weighted by atomic mass is 19.1. The van der Waals surface area contributed by atoms with E-state index in [2.05, 4.69) is 21.7 Å². The first kappa shape index (κ1) is 17.2. The van der Waals surface area contributed by atoms with Gasteiger partial charge in [-0.05, 0) is 30.2 Å². The maximum atomic E-state index is 13.6. The van der Waals surface area contributed by atoms with Crippen molar-refractivity contribution in [2.75, 3.05) is 20.1 Å². The topological polar surface area (TPSA) is 45.7 Å². The molecule has 0 saturated heterocycles. The smallest absolute Gasteiger partial charge is 0.191 e. The van der Waals surface area contributed by atoms with E-state index >= 15 is 0 Å².